The number of carbonyl (C=O) groups excluding carboxylic acids is 3. The van der Waals surface area contributed by atoms with Gasteiger partial charge in [-0.25, -0.2) is 9.59 Å². The highest BCUT2D eigenvalue weighted by Crippen LogP contribution is 2.14. The second kappa shape index (κ2) is 23.7. The van der Waals surface area contributed by atoms with Crippen LogP contribution < -0.4 is 10.6 Å². The zero-order valence-electron chi connectivity index (χ0n) is 23.7. The van der Waals surface area contributed by atoms with Gasteiger partial charge in [0.25, 0.3) is 0 Å². The van der Waals surface area contributed by atoms with Crippen LogP contribution in [-0.2, 0) is 24.0 Å². The van der Waals surface area contributed by atoms with Crippen LogP contribution in [-0.4, -0.2) is 51.8 Å². The maximum Gasteiger partial charge on any atom is 0.326 e. The van der Waals surface area contributed by atoms with Crippen LogP contribution >= 0.6 is 0 Å². The lowest BCUT2D eigenvalue weighted by Gasteiger charge is -2.16. The van der Waals surface area contributed by atoms with E-state index in [1.54, 1.807) is 0 Å². The number of ketones is 1. The molecule has 9 heteroatoms. The van der Waals surface area contributed by atoms with Gasteiger partial charge < -0.3 is 25.6 Å². The topological polar surface area (TPSA) is 150 Å². The Bertz CT molecular complexity index is 696. The maximum atomic E-state index is 12.2. The first-order valence-electron chi connectivity index (χ1n) is 14.7. The van der Waals surface area contributed by atoms with Gasteiger partial charge in [-0.15, -0.1) is 0 Å². The van der Waals surface area contributed by atoms with Crippen LogP contribution in [0.4, 0.5) is 0 Å². The average Bonchev–Trinajstić information content (AvgIpc) is 2.86. The van der Waals surface area contributed by atoms with Crippen LogP contribution in [0.1, 0.15) is 142 Å². The van der Waals surface area contributed by atoms with Crippen molar-refractivity contribution in [3.63, 3.8) is 0 Å². The molecular formula is C29H52N2O7. The van der Waals surface area contributed by atoms with Gasteiger partial charge in [0.1, 0.15) is 17.9 Å². The zero-order valence-corrected chi connectivity index (χ0v) is 23.7. The molecular weight excluding hydrogens is 488 g/mol. The summed E-state index contributed by atoms with van der Waals surface area (Å²) in [5.41, 5.74) is 0. The van der Waals surface area contributed by atoms with Crippen molar-refractivity contribution in [2.45, 2.75) is 154 Å². The smallest absolute Gasteiger partial charge is 0.326 e. The molecule has 9 nitrogen and oxygen atoms in total. The summed E-state index contributed by atoms with van der Waals surface area (Å²) in [5.74, 6) is -3.69. The van der Waals surface area contributed by atoms with Crippen LogP contribution in [0.2, 0.25) is 0 Å². The van der Waals surface area contributed by atoms with Gasteiger partial charge in [-0.1, -0.05) is 96.8 Å². The second-order valence-corrected chi connectivity index (χ2v) is 10.4. The van der Waals surface area contributed by atoms with Gasteiger partial charge in [0, 0.05) is 19.3 Å². The molecule has 2 amide bonds. The van der Waals surface area contributed by atoms with Crippen molar-refractivity contribution in [1.29, 1.82) is 0 Å². The molecule has 0 aromatic rings. The predicted octanol–water partition coefficient (Wildman–Crippen LogP) is 5.54. The molecule has 0 saturated heterocycles. The lowest BCUT2D eigenvalue weighted by atomic mass is 10.0. The Morgan fingerprint density at radius 3 is 1.24 bits per heavy atom. The van der Waals surface area contributed by atoms with Gasteiger partial charge in [-0.3, -0.25) is 9.59 Å². The van der Waals surface area contributed by atoms with E-state index in [0.29, 0.717) is 6.42 Å². The summed E-state index contributed by atoms with van der Waals surface area (Å²) in [6.07, 6.45) is 18.2. The largest absolute Gasteiger partial charge is 0.480 e. The van der Waals surface area contributed by atoms with E-state index in [1.807, 2.05) is 0 Å². The number of nitrogens with one attached hydrogen (secondary N) is 2. The van der Waals surface area contributed by atoms with E-state index in [-0.39, 0.29) is 43.8 Å². The quantitative estimate of drug-likeness (QED) is 0.105. The van der Waals surface area contributed by atoms with E-state index < -0.39 is 29.9 Å². The summed E-state index contributed by atoms with van der Waals surface area (Å²) < 4.78 is 0. The summed E-state index contributed by atoms with van der Waals surface area (Å²) in [7, 11) is 0. The molecule has 1 unspecified atom stereocenters. The highest BCUT2D eigenvalue weighted by Gasteiger charge is 2.24. The number of carboxylic acid groups (broad SMARTS) is 2. The van der Waals surface area contributed by atoms with E-state index >= 15 is 0 Å². The highest BCUT2D eigenvalue weighted by molar-refractivity contribution is 5.86. The molecule has 0 aliphatic heterocycles. The predicted molar refractivity (Wildman–Crippen MR) is 148 cm³/mol. The molecule has 220 valence electrons. The minimum absolute atomic E-state index is 0.0182. The van der Waals surface area contributed by atoms with Gasteiger partial charge in [0.15, 0.2) is 0 Å². The third-order valence-electron chi connectivity index (χ3n) is 6.72. The Morgan fingerprint density at radius 2 is 0.868 bits per heavy atom. The lowest BCUT2D eigenvalue weighted by Crippen LogP contribution is -2.44. The SMILES string of the molecule is CCCCCCCCCCCCCCCCCC(=O)NC(CCC(=O)N[C@@H](CCC(C)=O)C(=O)O)C(=O)O. The third kappa shape index (κ3) is 21.6. The number of hydrogen-bond donors (Lipinski definition) is 4. The molecule has 0 spiro atoms. The standard InChI is InChI=1S/C29H52N2O7/c1-3-4-5-6-7-8-9-10-11-12-13-14-15-16-17-18-26(33)30-25(29(37)38)21-22-27(34)31-24(28(35)36)20-19-23(2)32/h24-25H,3-22H2,1-2H3,(H,30,33)(H,31,34)(H,35,36)(H,37,38)/t24-,25?/m0/s1. The van der Waals surface area contributed by atoms with Crippen molar-refractivity contribution in [2.24, 2.45) is 0 Å². The molecule has 0 radical (unpaired) electrons. The van der Waals surface area contributed by atoms with Crippen molar-refractivity contribution in [2.75, 3.05) is 0 Å². The summed E-state index contributed by atoms with van der Waals surface area (Å²) >= 11 is 0. The molecule has 0 aromatic carbocycles. The fraction of sp³-hybridized carbons (Fsp3) is 0.828. The number of aliphatic carboxylic acids is 2. The summed E-state index contributed by atoms with van der Waals surface area (Å²) in [5, 5.41) is 23.3. The van der Waals surface area contributed by atoms with E-state index in [4.69, 9.17) is 0 Å². The molecule has 0 aliphatic carbocycles. The number of unbranched alkanes of at least 4 members (excludes halogenated alkanes) is 14. The van der Waals surface area contributed by atoms with Crippen LogP contribution in [0.5, 0.6) is 0 Å². The second-order valence-electron chi connectivity index (χ2n) is 10.4. The molecule has 38 heavy (non-hydrogen) atoms. The van der Waals surface area contributed by atoms with Crippen molar-refractivity contribution in [3.8, 4) is 0 Å². The Balaban J connectivity index is 3.93. The van der Waals surface area contributed by atoms with E-state index in [2.05, 4.69) is 17.6 Å². The first-order valence-corrected chi connectivity index (χ1v) is 14.7. The first kappa shape index (κ1) is 35.5. The Hall–Kier alpha value is -2.45. The van der Waals surface area contributed by atoms with Crippen molar-refractivity contribution < 1.29 is 34.2 Å². The van der Waals surface area contributed by atoms with Gasteiger partial charge in [-0.2, -0.15) is 0 Å². The molecule has 0 aromatic heterocycles. The normalized spacial score (nSPS) is 12.5. The highest BCUT2D eigenvalue weighted by atomic mass is 16.4. The Labute approximate surface area is 228 Å². The van der Waals surface area contributed by atoms with E-state index in [1.165, 1.54) is 77.6 Å². The molecule has 0 aliphatic rings. The number of hydrogen-bond acceptors (Lipinski definition) is 5. The average molecular weight is 541 g/mol. The van der Waals surface area contributed by atoms with Crippen LogP contribution in [0.15, 0.2) is 0 Å². The lowest BCUT2D eigenvalue weighted by molar-refractivity contribution is -0.143. The van der Waals surface area contributed by atoms with Crippen LogP contribution in [0.3, 0.4) is 0 Å². The fourth-order valence-corrected chi connectivity index (χ4v) is 4.33. The molecule has 0 fully saturated rings. The summed E-state index contributed by atoms with van der Waals surface area (Å²) in [6, 6.07) is -2.43. The van der Waals surface area contributed by atoms with Crippen LogP contribution in [0, 0.1) is 0 Å². The number of rotatable bonds is 26. The zero-order chi connectivity index (χ0) is 28.6. The molecule has 2 atom stereocenters. The van der Waals surface area contributed by atoms with Crippen molar-refractivity contribution in [1.82, 2.24) is 10.6 Å². The van der Waals surface area contributed by atoms with Gasteiger partial charge >= 0.3 is 11.9 Å². The fourth-order valence-electron chi connectivity index (χ4n) is 4.33. The van der Waals surface area contributed by atoms with Gasteiger partial charge in [0.05, 0.1) is 0 Å². The third-order valence-corrected chi connectivity index (χ3v) is 6.72. The van der Waals surface area contributed by atoms with Gasteiger partial charge in [0.2, 0.25) is 11.8 Å². The Morgan fingerprint density at radius 1 is 0.526 bits per heavy atom. The monoisotopic (exact) mass is 540 g/mol. The molecule has 0 rings (SSSR count). The number of amides is 2. The number of Topliss-reactive ketones (excluding diaryl/α,β-unsaturated/α-hetero) is 1. The molecule has 4 N–H and O–H groups in total. The summed E-state index contributed by atoms with van der Waals surface area (Å²) in [4.78, 5) is 58.0. The minimum atomic E-state index is -1.26. The van der Waals surface area contributed by atoms with E-state index in [0.717, 1.165) is 19.3 Å². The molecule has 0 heterocycles. The van der Waals surface area contributed by atoms with Crippen LogP contribution in [0.25, 0.3) is 0 Å². The first-order chi connectivity index (χ1) is 18.2. The maximum absolute atomic E-state index is 12.2. The minimum Gasteiger partial charge on any atom is -0.480 e. The molecule has 0 bridgehead atoms. The Kier molecular flexibility index (Phi) is 22.1. The number of carbonyl (C=O) groups is 5. The van der Waals surface area contributed by atoms with E-state index in [9.17, 15) is 34.2 Å². The summed E-state index contributed by atoms with van der Waals surface area (Å²) in [6.45, 7) is 3.58. The number of carboxylic acids is 2. The van der Waals surface area contributed by atoms with Crippen molar-refractivity contribution in [3.05, 3.63) is 0 Å². The van der Waals surface area contributed by atoms with Crippen molar-refractivity contribution >= 4 is 29.5 Å². The van der Waals surface area contributed by atoms with Gasteiger partial charge in [-0.05, 0) is 26.2 Å². The molecule has 0 saturated carbocycles.